The summed E-state index contributed by atoms with van der Waals surface area (Å²) < 4.78 is 15.6. The first-order valence-electron chi connectivity index (χ1n) is 6.66. The Labute approximate surface area is 110 Å². The minimum Gasteiger partial charge on any atom is -0.462 e. The molecule has 0 aromatic carbocycles. The molecule has 0 aliphatic carbocycles. The molecule has 0 saturated carbocycles. The van der Waals surface area contributed by atoms with Crippen LogP contribution in [0.25, 0.3) is 0 Å². The van der Waals surface area contributed by atoms with Crippen LogP contribution in [0, 0.1) is 0 Å². The van der Waals surface area contributed by atoms with Crippen LogP contribution in [-0.4, -0.2) is 39.0 Å². The topological polar surface area (TPSA) is 44.8 Å². The van der Waals surface area contributed by atoms with Gasteiger partial charge in [-0.1, -0.05) is 6.58 Å². The Hall–Kier alpha value is -0.870. The molecule has 0 atom stereocenters. The van der Waals surface area contributed by atoms with E-state index in [1.54, 1.807) is 6.92 Å². The van der Waals surface area contributed by atoms with Crippen LogP contribution in [0.3, 0.4) is 0 Å². The number of hydrogen-bond donors (Lipinski definition) is 0. The summed E-state index contributed by atoms with van der Waals surface area (Å²) in [6, 6.07) is 0. The zero-order chi connectivity index (χ0) is 13.6. The molecule has 0 aliphatic rings. The van der Waals surface area contributed by atoms with Gasteiger partial charge in [-0.25, -0.2) is 4.79 Å². The second kappa shape index (κ2) is 12.6. The molecule has 4 nitrogen and oxygen atoms in total. The molecular formula is C14H26O4. The summed E-state index contributed by atoms with van der Waals surface area (Å²) in [4.78, 5) is 11.0. The van der Waals surface area contributed by atoms with E-state index in [1.807, 2.05) is 6.92 Å². The van der Waals surface area contributed by atoms with Crippen LogP contribution in [-0.2, 0) is 19.0 Å². The molecule has 0 aliphatic heterocycles. The molecule has 0 N–H and O–H groups in total. The first-order valence-corrected chi connectivity index (χ1v) is 6.66. The minimum atomic E-state index is -0.313. The zero-order valence-electron chi connectivity index (χ0n) is 11.7. The van der Waals surface area contributed by atoms with Crippen molar-refractivity contribution < 1.29 is 19.0 Å². The van der Waals surface area contributed by atoms with Gasteiger partial charge in [0.15, 0.2) is 0 Å². The van der Waals surface area contributed by atoms with Gasteiger partial charge >= 0.3 is 5.97 Å². The fourth-order valence-corrected chi connectivity index (χ4v) is 1.25. The lowest BCUT2D eigenvalue weighted by atomic mass is 10.3. The fraction of sp³-hybridized carbons (Fsp3) is 0.786. The molecule has 0 unspecified atom stereocenters. The van der Waals surface area contributed by atoms with Gasteiger partial charge < -0.3 is 14.2 Å². The van der Waals surface area contributed by atoms with E-state index in [9.17, 15) is 4.79 Å². The van der Waals surface area contributed by atoms with Crippen LogP contribution >= 0.6 is 0 Å². The lowest BCUT2D eigenvalue weighted by molar-refractivity contribution is -0.139. The number of hydrogen-bond acceptors (Lipinski definition) is 4. The first kappa shape index (κ1) is 17.1. The van der Waals surface area contributed by atoms with Gasteiger partial charge in [-0.3, -0.25) is 0 Å². The SMILES string of the molecule is C=C(C)C(=O)OCCCCOCCCCOCC. The lowest BCUT2D eigenvalue weighted by Crippen LogP contribution is -2.07. The number of carbonyl (C=O) groups excluding carboxylic acids is 1. The molecule has 0 aromatic rings. The molecule has 0 spiro atoms. The average molecular weight is 258 g/mol. The summed E-state index contributed by atoms with van der Waals surface area (Å²) >= 11 is 0. The van der Waals surface area contributed by atoms with E-state index in [0.717, 1.165) is 52.1 Å². The molecule has 0 saturated heterocycles. The highest BCUT2D eigenvalue weighted by molar-refractivity contribution is 5.86. The molecular weight excluding hydrogens is 232 g/mol. The van der Waals surface area contributed by atoms with Gasteiger partial charge in [-0.15, -0.1) is 0 Å². The largest absolute Gasteiger partial charge is 0.462 e. The van der Waals surface area contributed by atoms with Crippen molar-refractivity contribution in [3.8, 4) is 0 Å². The standard InChI is InChI=1S/C14H26O4/c1-4-16-9-5-6-10-17-11-7-8-12-18-14(15)13(2)3/h2,4-12H2,1,3H3. The monoisotopic (exact) mass is 258 g/mol. The zero-order valence-corrected chi connectivity index (χ0v) is 11.7. The molecule has 0 fully saturated rings. The van der Waals surface area contributed by atoms with Crippen LogP contribution < -0.4 is 0 Å². The molecule has 4 heteroatoms. The van der Waals surface area contributed by atoms with Gasteiger partial charge in [0, 0.05) is 32.0 Å². The van der Waals surface area contributed by atoms with Crippen molar-refractivity contribution in [2.24, 2.45) is 0 Å². The van der Waals surface area contributed by atoms with E-state index in [0.29, 0.717) is 12.2 Å². The van der Waals surface area contributed by atoms with Crippen molar-refractivity contribution >= 4 is 5.97 Å². The van der Waals surface area contributed by atoms with Crippen molar-refractivity contribution in [1.82, 2.24) is 0 Å². The van der Waals surface area contributed by atoms with Gasteiger partial charge in [-0.2, -0.15) is 0 Å². The smallest absolute Gasteiger partial charge is 0.333 e. The Morgan fingerprint density at radius 3 is 1.94 bits per heavy atom. The van der Waals surface area contributed by atoms with Crippen LogP contribution in [0.5, 0.6) is 0 Å². The lowest BCUT2D eigenvalue weighted by Gasteiger charge is -2.05. The van der Waals surface area contributed by atoms with E-state index in [-0.39, 0.29) is 5.97 Å². The summed E-state index contributed by atoms with van der Waals surface area (Å²) in [5, 5.41) is 0. The predicted octanol–water partition coefficient (Wildman–Crippen LogP) is 2.72. The predicted molar refractivity (Wildman–Crippen MR) is 71.6 cm³/mol. The summed E-state index contributed by atoms with van der Waals surface area (Å²) in [7, 11) is 0. The quantitative estimate of drug-likeness (QED) is 0.307. The highest BCUT2D eigenvalue weighted by Crippen LogP contribution is 1.97. The molecule has 18 heavy (non-hydrogen) atoms. The number of carbonyl (C=O) groups is 1. The third-order valence-electron chi connectivity index (χ3n) is 2.30. The second-order valence-electron chi connectivity index (χ2n) is 4.14. The highest BCUT2D eigenvalue weighted by atomic mass is 16.5. The van der Waals surface area contributed by atoms with Crippen LogP contribution in [0.4, 0.5) is 0 Å². The molecule has 0 heterocycles. The minimum absolute atomic E-state index is 0.313. The molecule has 0 bridgehead atoms. The summed E-state index contributed by atoms with van der Waals surface area (Å²) in [5.41, 5.74) is 0.445. The molecule has 0 aromatic heterocycles. The molecule has 106 valence electrons. The van der Waals surface area contributed by atoms with E-state index < -0.39 is 0 Å². The van der Waals surface area contributed by atoms with Crippen molar-refractivity contribution in [3.63, 3.8) is 0 Å². The Morgan fingerprint density at radius 2 is 1.44 bits per heavy atom. The van der Waals surface area contributed by atoms with Crippen molar-refractivity contribution in [3.05, 3.63) is 12.2 Å². The van der Waals surface area contributed by atoms with E-state index >= 15 is 0 Å². The van der Waals surface area contributed by atoms with Crippen LogP contribution in [0.1, 0.15) is 39.5 Å². The maximum atomic E-state index is 11.0. The number of esters is 1. The van der Waals surface area contributed by atoms with Crippen molar-refractivity contribution in [1.29, 1.82) is 0 Å². The van der Waals surface area contributed by atoms with Crippen LogP contribution in [0.2, 0.25) is 0 Å². The molecule has 0 rings (SSSR count). The number of unbranched alkanes of at least 4 members (excludes halogenated alkanes) is 2. The Kier molecular flexibility index (Phi) is 12.0. The summed E-state index contributed by atoms with van der Waals surface area (Å²) in [5.74, 6) is -0.313. The van der Waals surface area contributed by atoms with E-state index in [1.165, 1.54) is 0 Å². The van der Waals surface area contributed by atoms with Gasteiger partial charge in [-0.05, 0) is 39.5 Å². The first-order chi connectivity index (χ1) is 8.68. The summed E-state index contributed by atoms with van der Waals surface area (Å²) in [6.07, 6.45) is 3.82. The fourth-order valence-electron chi connectivity index (χ4n) is 1.25. The Morgan fingerprint density at radius 1 is 0.944 bits per heavy atom. The maximum Gasteiger partial charge on any atom is 0.333 e. The summed E-state index contributed by atoms with van der Waals surface area (Å²) in [6.45, 7) is 10.7. The Bertz CT molecular complexity index is 226. The van der Waals surface area contributed by atoms with Crippen molar-refractivity contribution in [2.75, 3.05) is 33.0 Å². The average Bonchev–Trinajstić information content (AvgIpc) is 2.35. The third-order valence-corrected chi connectivity index (χ3v) is 2.30. The van der Waals surface area contributed by atoms with Gasteiger partial charge in [0.25, 0.3) is 0 Å². The third kappa shape index (κ3) is 11.6. The van der Waals surface area contributed by atoms with Gasteiger partial charge in [0.2, 0.25) is 0 Å². The van der Waals surface area contributed by atoms with Crippen molar-refractivity contribution in [2.45, 2.75) is 39.5 Å². The van der Waals surface area contributed by atoms with E-state index in [2.05, 4.69) is 6.58 Å². The van der Waals surface area contributed by atoms with Gasteiger partial charge in [0.05, 0.1) is 6.61 Å². The molecule has 0 amide bonds. The second-order valence-corrected chi connectivity index (χ2v) is 4.14. The number of ether oxygens (including phenoxy) is 3. The Balaban J connectivity index is 3.07. The molecule has 0 radical (unpaired) electrons. The van der Waals surface area contributed by atoms with Gasteiger partial charge in [0.1, 0.15) is 0 Å². The number of rotatable bonds is 12. The van der Waals surface area contributed by atoms with E-state index in [4.69, 9.17) is 14.2 Å². The normalized spacial score (nSPS) is 10.3. The van der Waals surface area contributed by atoms with Crippen LogP contribution in [0.15, 0.2) is 12.2 Å². The maximum absolute atomic E-state index is 11.0. The highest BCUT2D eigenvalue weighted by Gasteiger charge is 2.01.